The SMILES string of the molecule is COc1ccc(OCC(=O)O)c(C(C)(C)C)n1. The maximum absolute atomic E-state index is 10.5. The van der Waals surface area contributed by atoms with Crippen molar-refractivity contribution in [2.24, 2.45) is 0 Å². The molecule has 0 radical (unpaired) electrons. The summed E-state index contributed by atoms with van der Waals surface area (Å²) in [5, 5.41) is 8.60. The van der Waals surface area contributed by atoms with Crippen LogP contribution in [0.4, 0.5) is 0 Å². The number of nitrogens with zero attached hydrogens (tertiary/aromatic N) is 1. The predicted molar refractivity (Wildman–Crippen MR) is 62.6 cm³/mol. The molecule has 0 amide bonds. The van der Waals surface area contributed by atoms with Crippen molar-refractivity contribution in [2.45, 2.75) is 26.2 Å². The molecule has 1 rings (SSSR count). The Morgan fingerprint density at radius 2 is 2.06 bits per heavy atom. The number of carboxylic acids is 1. The molecule has 0 aromatic carbocycles. The molecule has 94 valence electrons. The lowest BCUT2D eigenvalue weighted by molar-refractivity contribution is -0.139. The molecule has 0 unspecified atom stereocenters. The largest absolute Gasteiger partial charge is 0.481 e. The van der Waals surface area contributed by atoms with E-state index in [1.165, 1.54) is 7.11 Å². The third-order valence-electron chi connectivity index (χ3n) is 2.10. The molecular weight excluding hydrogens is 222 g/mol. The van der Waals surface area contributed by atoms with Crippen LogP contribution in [-0.4, -0.2) is 29.8 Å². The molecule has 0 atom stereocenters. The molecule has 1 N–H and O–H groups in total. The van der Waals surface area contributed by atoms with E-state index in [9.17, 15) is 4.79 Å². The molecule has 0 fully saturated rings. The molecule has 0 aliphatic carbocycles. The molecule has 17 heavy (non-hydrogen) atoms. The molecule has 0 aliphatic heterocycles. The maximum atomic E-state index is 10.5. The van der Waals surface area contributed by atoms with Crippen molar-refractivity contribution in [3.8, 4) is 11.6 Å². The number of ether oxygens (including phenoxy) is 2. The lowest BCUT2D eigenvalue weighted by atomic mass is 9.91. The van der Waals surface area contributed by atoms with Gasteiger partial charge < -0.3 is 14.6 Å². The number of methoxy groups -OCH3 is 1. The molecule has 0 saturated carbocycles. The highest BCUT2D eigenvalue weighted by molar-refractivity contribution is 5.68. The van der Waals surface area contributed by atoms with Gasteiger partial charge in [0.1, 0.15) is 5.75 Å². The van der Waals surface area contributed by atoms with Crippen molar-refractivity contribution >= 4 is 5.97 Å². The Hall–Kier alpha value is -1.78. The van der Waals surface area contributed by atoms with Crippen LogP contribution < -0.4 is 9.47 Å². The van der Waals surface area contributed by atoms with E-state index in [1.54, 1.807) is 12.1 Å². The average Bonchev–Trinajstić information content (AvgIpc) is 2.24. The van der Waals surface area contributed by atoms with Crippen LogP contribution in [0.2, 0.25) is 0 Å². The van der Waals surface area contributed by atoms with E-state index in [4.69, 9.17) is 14.6 Å². The van der Waals surface area contributed by atoms with E-state index in [1.807, 2.05) is 20.8 Å². The van der Waals surface area contributed by atoms with Crippen LogP contribution in [-0.2, 0) is 10.2 Å². The van der Waals surface area contributed by atoms with Gasteiger partial charge in [-0.2, -0.15) is 0 Å². The molecule has 5 heteroatoms. The number of aromatic nitrogens is 1. The zero-order chi connectivity index (χ0) is 13.1. The van der Waals surface area contributed by atoms with Crippen LogP contribution in [0.25, 0.3) is 0 Å². The molecule has 0 aliphatic rings. The predicted octanol–water partition coefficient (Wildman–Crippen LogP) is 1.85. The highest BCUT2D eigenvalue weighted by Crippen LogP contribution is 2.31. The topological polar surface area (TPSA) is 68.7 Å². The zero-order valence-electron chi connectivity index (χ0n) is 10.5. The van der Waals surface area contributed by atoms with Gasteiger partial charge >= 0.3 is 5.97 Å². The van der Waals surface area contributed by atoms with Crippen molar-refractivity contribution in [3.05, 3.63) is 17.8 Å². The summed E-state index contributed by atoms with van der Waals surface area (Å²) in [6.45, 7) is 5.55. The highest BCUT2D eigenvalue weighted by Gasteiger charge is 2.22. The first-order valence-corrected chi connectivity index (χ1v) is 5.24. The Morgan fingerprint density at radius 1 is 1.41 bits per heavy atom. The first-order chi connectivity index (χ1) is 7.84. The van der Waals surface area contributed by atoms with E-state index < -0.39 is 5.97 Å². The van der Waals surface area contributed by atoms with Crippen molar-refractivity contribution in [1.82, 2.24) is 4.98 Å². The molecule has 0 saturated heterocycles. The highest BCUT2D eigenvalue weighted by atomic mass is 16.5. The summed E-state index contributed by atoms with van der Waals surface area (Å²) in [4.78, 5) is 14.8. The second-order valence-corrected chi connectivity index (χ2v) is 4.63. The van der Waals surface area contributed by atoms with Gasteiger partial charge in [0.2, 0.25) is 5.88 Å². The summed E-state index contributed by atoms with van der Waals surface area (Å²) < 4.78 is 10.3. The molecule has 1 aromatic heterocycles. The van der Waals surface area contributed by atoms with Gasteiger partial charge in [-0.3, -0.25) is 0 Å². The normalized spacial score (nSPS) is 11.1. The first kappa shape index (κ1) is 13.3. The number of hydrogen-bond acceptors (Lipinski definition) is 4. The average molecular weight is 239 g/mol. The Balaban J connectivity index is 3.07. The van der Waals surface area contributed by atoms with Gasteiger partial charge in [-0.05, 0) is 6.07 Å². The maximum Gasteiger partial charge on any atom is 0.341 e. The van der Waals surface area contributed by atoms with Gasteiger partial charge in [-0.25, -0.2) is 9.78 Å². The summed E-state index contributed by atoms with van der Waals surface area (Å²) >= 11 is 0. The second-order valence-electron chi connectivity index (χ2n) is 4.63. The van der Waals surface area contributed by atoms with E-state index in [0.717, 1.165) is 0 Å². The Morgan fingerprint density at radius 3 is 2.53 bits per heavy atom. The van der Waals surface area contributed by atoms with E-state index in [-0.39, 0.29) is 12.0 Å². The standard InChI is InChI=1S/C12H17NO4/c1-12(2,3)11-8(17-7-10(14)15)5-6-9(13-11)16-4/h5-6H,7H2,1-4H3,(H,14,15). The van der Waals surface area contributed by atoms with Crippen LogP contribution in [0.3, 0.4) is 0 Å². The van der Waals surface area contributed by atoms with Gasteiger partial charge in [0, 0.05) is 11.5 Å². The summed E-state index contributed by atoms with van der Waals surface area (Å²) in [6.07, 6.45) is 0. The minimum absolute atomic E-state index is 0.248. The molecule has 0 spiro atoms. The number of pyridine rings is 1. The Labute approximate surface area is 100 Å². The quantitative estimate of drug-likeness (QED) is 0.868. The van der Waals surface area contributed by atoms with E-state index in [0.29, 0.717) is 17.3 Å². The summed E-state index contributed by atoms with van der Waals surface area (Å²) in [7, 11) is 1.53. The molecule has 0 bridgehead atoms. The molecule has 1 aromatic rings. The third-order valence-corrected chi connectivity index (χ3v) is 2.10. The number of carboxylic acid groups (broad SMARTS) is 1. The van der Waals surface area contributed by atoms with Crippen LogP contribution in [0.1, 0.15) is 26.5 Å². The smallest absolute Gasteiger partial charge is 0.341 e. The van der Waals surface area contributed by atoms with Gasteiger partial charge in [-0.1, -0.05) is 20.8 Å². The molecule has 5 nitrogen and oxygen atoms in total. The number of hydrogen-bond donors (Lipinski definition) is 1. The summed E-state index contributed by atoms with van der Waals surface area (Å²) in [5.41, 5.74) is 0.431. The Kier molecular flexibility index (Phi) is 3.93. The van der Waals surface area contributed by atoms with Gasteiger partial charge in [0.15, 0.2) is 6.61 Å². The second kappa shape index (κ2) is 5.03. The van der Waals surface area contributed by atoms with Crippen LogP contribution in [0.5, 0.6) is 11.6 Å². The van der Waals surface area contributed by atoms with Crippen LogP contribution in [0, 0.1) is 0 Å². The fourth-order valence-corrected chi connectivity index (χ4v) is 1.34. The minimum Gasteiger partial charge on any atom is -0.481 e. The lowest BCUT2D eigenvalue weighted by Gasteiger charge is -2.21. The first-order valence-electron chi connectivity index (χ1n) is 5.24. The molecule has 1 heterocycles. The van der Waals surface area contributed by atoms with Crippen molar-refractivity contribution in [3.63, 3.8) is 0 Å². The third kappa shape index (κ3) is 3.62. The summed E-state index contributed by atoms with van der Waals surface area (Å²) in [5.74, 6) is -0.0565. The minimum atomic E-state index is -1.01. The monoisotopic (exact) mass is 239 g/mol. The van der Waals surface area contributed by atoms with Crippen LogP contribution >= 0.6 is 0 Å². The van der Waals surface area contributed by atoms with Gasteiger partial charge in [-0.15, -0.1) is 0 Å². The lowest BCUT2D eigenvalue weighted by Crippen LogP contribution is -2.18. The van der Waals surface area contributed by atoms with Crippen molar-refractivity contribution in [2.75, 3.05) is 13.7 Å². The van der Waals surface area contributed by atoms with Crippen molar-refractivity contribution < 1.29 is 19.4 Å². The number of carbonyl (C=O) groups is 1. The zero-order valence-corrected chi connectivity index (χ0v) is 10.5. The van der Waals surface area contributed by atoms with Crippen LogP contribution in [0.15, 0.2) is 12.1 Å². The fraction of sp³-hybridized carbons (Fsp3) is 0.500. The van der Waals surface area contributed by atoms with E-state index in [2.05, 4.69) is 4.98 Å². The van der Waals surface area contributed by atoms with Crippen molar-refractivity contribution in [1.29, 1.82) is 0 Å². The van der Waals surface area contributed by atoms with Gasteiger partial charge in [0.05, 0.1) is 12.8 Å². The molecular formula is C12H17NO4. The fourth-order valence-electron chi connectivity index (χ4n) is 1.34. The number of aliphatic carboxylic acids is 1. The van der Waals surface area contributed by atoms with E-state index >= 15 is 0 Å². The Bertz CT molecular complexity index is 409. The summed E-state index contributed by atoms with van der Waals surface area (Å²) in [6, 6.07) is 3.32. The number of rotatable bonds is 4. The van der Waals surface area contributed by atoms with Gasteiger partial charge in [0.25, 0.3) is 0 Å².